The number of nitrogens with zero attached hydrogens (tertiary/aromatic N) is 1. The summed E-state index contributed by atoms with van der Waals surface area (Å²) in [5.74, 6) is -1.84. The average molecular weight is 398 g/mol. The van der Waals surface area contributed by atoms with Crippen LogP contribution in [-0.2, 0) is 30.3 Å². The van der Waals surface area contributed by atoms with E-state index in [-0.39, 0.29) is 18.0 Å². The summed E-state index contributed by atoms with van der Waals surface area (Å²) in [6, 6.07) is 13.0. The van der Waals surface area contributed by atoms with E-state index >= 15 is 0 Å². The van der Waals surface area contributed by atoms with E-state index in [0.29, 0.717) is 37.4 Å². The number of hydrogen-bond donors (Lipinski definition) is 1. The van der Waals surface area contributed by atoms with Crippen molar-refractivity contribution in [2.45, 2.75) is 25.4 Å². The van der Waals surface area contributed by atoms with Gasteiger partial charge in [-0.05, 0) is 24.5 Å². The first-order chi connectivity index (χ1) is 14.0. The molecule has 3 rings (SSSR count). The number of rotatable bonds is 7. The number of amides is 1. The van der Waals surface area contributed by atoms with Crippen LogP contribution in [0.25, 0.3) is 0 Å². The Morgan fingerprint density at radius 2 is 1.86 bits per heavy atom. The number of hydrogen-bond acceptors (Lipinski definition) is 7. The van der Waals surface area contributed by atoms with Crippen LogP contribution in [-0.4, -0.2) is 42.7 Å². The van der Waals surface area contributed by atoms with Crippen molar-refractivity contribution in [3.05, 3.63) is 54.2 Å². The lowest BCUT2D eigenvalue weighted by molar-refractivity contribution is -0.154. The molecule has 0 unspecified atom stereocenters. The highest BCUT2D eigenvalue weighted by Gasteiger charge is 2.37. The molecule has 1 aliphatic rings. The molecule has 8 heteroatoms. The van der Waals surface area contributed by atoms with Crippen molar-refractivity contribution in [1.29, 1.82) is 0 Å². The Balaban J connectivity index is 1.36. The monoisotopic (exact) mass is 398 g/mol. The van der Waals surface area contributed by atoms with Gasteiger partial charge in [-0.2, -0.15) is 0 Å². The number of aromatic nitrogens is 1. The smallest absolute Gasteiger partial charge is 0.396 e. The molecule has 152 valence electrons. The molecule has 1 N–H and O–H groups in total. The summed E-state index contributed by atoms with van der Waals surface area (Å²) in [4.78, 5) is 38.7. The van der Waals surface area contributed by atoms with E-state index in [1.54, 1.807) is 12.1 Å². The zero-order valence-electron chi connectivity index (χ0n) is 16.0. The summed E-state index contributed by atoms with van der Waals surface area (Å²) in [7, 11) is 1.13. The normalized spacial score (nSPS) is 17.6. The van der Waals surface area contributed by atoms with E-state index < -0.39 is 11.9 Å². The van der Waals surface area contributed by atoms with E-state index in [1.165, 1.54) is 6.20 Å². The van der Waals surface area contributed by atoms with E-state index in [4.69, 9.17) is 9.47 Å². The second kappa shape index (κ2) is 9.68. The topological polar surface area (TPSA) is 104 Å². The summed E-state index contributed by atoms with van der Waals surface area (Å²) < 4.78 is 15.4. The SMILES string of the molecule is COC(=O)C(=O)Nc1ccc(OC2CC(C(=O)OCCc3ccccc3)C2)nc1. The molecule has 1 amide bonds. The molecular weight excluding hydrogens is 376 g/mol. The predicted molar refractivity (Wildman–Crippen MR) is 103 cm³/mol. The second-order valence-corrected chi connectivity index (χ2v) is 6.64. The maximum atomic E-state index is 12.1. The Kier molecular flexibility index (Phi) is 6.78. The molecule has 0 radical (unpaired) electrons. The molecule has 1 aromatic carbocycles. The molecule has 8 nitrogen and oxygen atoms in total. The fraction of sp³-hybridized carbons (Fsp3) is 0.333. The number of carbonyl (C=O) groups excluding carboxylic acids is 3. The first-order valence-electron chi connectivity index (χ1n) is 9.27. The first kappa shape index (κ1) is 20.3. The van der Waals surface area contributed by atoms with Crippen LogP contribution in [0, 0.1) is 5.92 Å². The van der Waals surface area contributed by atoms with Gasteiger partial charge in [0, 0.05) is 12.5 Å². The van der Waals surface area contributed by atoms with E-state index in [0.717, 1.165) is 12.7 Å². The average Bonchev–Trinajstić information content (AvgIpc) is 2.71. The van der Waals surface area contributed by atoms with Crippen molar-refractivity contribution in [1.82, 2.24) is 4.98 Å². The number of nitrogens with one attached hydrogen (secondary N) is 1. The molecule has 0 aliphatic heterocycles. The summed E-state index contributed by atoms with van der Waals surface area (Å²) in [6.45, 7) is 0.366. The van der Waals surface area contributed by atoms with Crippen LogP contribution in [0.3, 0.4) is 0 Å². The van der Waals surface area contributed by atoms with Gasteiger partial charge < -0.3 is 19.5 Å². The molecule has 1 aliphatic carbocycles. The van der Waals surface area contributed by atoms with Gasteiger partial charge in [-0.25, -0.2) is 9.78 Å². The standard InChI is InChI=1S/C21H22N2O6/c1-27-21(26)19(24)23-16-7-8-18(22-13-16)29-17-11-15(12-17)20(25)28-10-9-14-5-3-2-4-6-14/h2-8,13,15,17H,9-12H2,1H3,(H,23,24). The highest BCUT2D eigenvalue weighted by atomic mass is 16.5. The van der Waals surface area contributed by atoms with E-state index in [1.807, 2.05) is 30.3 Å². The van der Waals surface area contributed by atoms with Gasteiger partial charge in [-0.3, -0.25) is 9.59 Å². The van der Waals surface area contributed by atoms with Gasteiger partial charge in [0.2, 0.25) is 5.88 Å². The first-order valence-corrected chi connectivity index (χ1v) is 9.27. The number of pyridine rings is 1. The summed E-state index contributed by atoms with van der Waals surface area (Å²) in [5, 5.41) is 2.36. The molecule has 1 aromatic heterocycles. The van der Waals surface area contributed by atoms with Crippen molar-refractivity contribution in [3.63, 3.8) is 0 Å². The largest absolute Gasteiger partial charge is 0.474 e. The number of benzene rings is 1. The Bertz CT molecular complexity index is 847. The molecule has 1 fully saturated rings. The summed E-state index contributed by atoms with van der Waals surface area (Å²) in [5.41, 5.74) is 1.48. The van der Waals surface area contributed by atoms with Crippen molar-refractivity contribution < 1.29 is 28.6 Å². The van der Waals surface area contributed by atoms with Gasteiger partial charge in [0.1, 0.15) is 6.10 Å². The fourth-order valence-electron chi connectivity index (χ4n) is 2.86. The van der Waals surface area contributed by atoms with Crippen LogP contribution in [0.2, 0.25) is 0 Å². The van der Waals surface area contributed by atoms with Crippen LogP contribution in [0.1, 0.15) is 18.4 Å². The van der Waals surface area contributed by atoms with Gasteiger partial charge in [-0.15, -0.1) is 0 Å². The van der Waals surface area contributed by atoms with Crippen LogP contribution in [0.4, 0.5) is 5.69 Å². The lowest BCUT2D eigenvalue weighted by Gasteiger charge is -2.33. The molecule has 0 bridgehead atoms. The molecule has 1 heterocycles. The molecular formula is C21H22N2O6. The van der Waals surface area contributed by atoms with Crippen molar-refractivity contribution in [2.75, 3.05) is 19.0 Å². The van der Waals surface area contributed by atoms with E-state index in [2.05, 4.69) is 15.0 Å². The Hall–Kier alpha value is -3.42. The third-order valence-electron chi connectivity index (χ3n) is 4.56. The van der Waals surface area contributed by atoms with Crippen molar-refractivity contribution in [2.24, 2.45) is 5.92 Å². The number of esters is 2. The zero-order chi connectivity index (χ0) is 20.6. The number of carbonyl (C=O) groups is 3. The minimum absolute atomic E-state index is 0.107. The Labute approximate surface area is 168 Å². The molecule has 0 spiro atoms. The maximum absolute atomic E-state index is 12.1. The van der Waals surface area contributed by atoms with Crippen LogP contribution in [0.5, 0.6) is 5.88 Å². The summed E-state index contributed by atoms with van der Waals surface area (Å²) >= 11 is 0. The van der Waals surface area contributed by atoms with Gasteiger partial charge in [0.25, 0.3) is 0 Å². The minimum atomic E-state index is -0.985. The second-order valence-electron chi connectivity index (χ2n) is 6.64. The molecule has 29 heavy (non-hydrogen) atoms. The highest BCUT2D eigenvalue weighted by molar-refractivity contribution is 6.37. The van der Waals surface area contributed by atoms with Crippen LogP contribution < -0.4 is 10.1 Å². The maximum Gasteiger partial charge on any atom is 0.396 e. The third-order valence-corrected chi connectivity index (χ3v) is 4.56. The third kappa shape index (κ3) is 5.78. The van der Waals surface area contributed by atoms with Gasteiger partial charge in [-0.1, -0.05) is 30.3 Å². The zero-order valence-corrected chi connectivity index (χ0v) is 16.0. The van der Waals surface area contributed by atoms with Crippen molar-refractivity contribution in [3.8, 4) is 5.88 Å². The predicted octanol–water partition coefficient (Wildman–Crippen LogP) is 2.14. The minimum Gasteiger partial charge on any atom is -0.474 e. The fourth-order valence-corrected chi connectivity index (χ4v) is 2.86. The van der Waals surface area contributed by atoms with E-state index in [9.17, 15) is 14.4 Å². The van der Waals surface area contributed by atoms with Crippen LogP contribution in [0.15, 0.2) is 48.7 Å². The van der Waals surface area contributed by atoms with Crippen molar-refractivity contribution >= 4 is 23.5 Å². The number of methoxy groups -OCH3 is 1. The summed E-state index contributed by atoms with van der Waals surface area (Å²) in [6.07, 6.45) is 3.12. The van der Waals surface area contributed by atoms with Gasteiger partial charge >= 0.3 is 17.8 Å². The Morgan fingerprint density at radius 1 is 1.10 bits per heavy atom. The number of ether oxygens (including phenoxy) is 3. The molecule has 0 atom stereocenters. The van der Waals surface area contributed by atoms with Crippen LogP contribution >= 0.6 is 0 Å². The lowest BCUT2D eigenvalue weighted by Crippen LogP contribution is -2.39. The van der Waals surface area contributed by atoms with Gasteiger partial charge in [0.15, 0.2) is 0 Å². The lowest BCUT2D eigenvalue weighted by atomic mass is 9.82. The molecule has 0 saturated heterocycles. The Morgan fingerprint density at radius 3 is 2.52 bits per heavy atom. The highest BCUT2D eigenvalue weighted by Crippen LogP contribution is 2.32. The number of anilines is 1. The molecule has 2 aromatic rings. The van der Waals surface area contributed by atoms with Gasteiger partial charge in [0.05, 0.1) is 31.5 Å². The molecule has 1 saturated carbocycles. The quantitative estimate of drug-likeness (QED) is 0.563.